The monoisotopic (exact) mass is 390 g/mol. The van der Waals surface area contributed by atoms with E-state index in [9.17, 15) is 18.0 Å². The Labute approximate surface area is 120 Å². The van der Waals surface area contributed by atoms with Crippen molar-refractivity contribution < 1.29 is 27.4 Å². The highest BCUT2D eigenvalue weighted by Crippen LogP contribution is 2.27. The third-order valence-electron chi connectivity index (χ3n) is 1.92. The largest absolute Gasteiger partial charge is 0.574 e. The van der Waals surface area contributed by atoms with Gasteiger partial charge in [0.05, 0.1) is 10.2 Å². The van der Waals surface area contributed by atoms with Crippen LogP contribution in [0.5, 0.6) is 5.88 Å². The number of esters is 1. The van der Waals surface area contributed by atoms with Crippen molar-refractivity contribution in [2.75, 3.05) is 6.61 Å². The fourth-order valence-corrected chi connectivity index (χ4v) is 1.83. The van der Waals surface area contributed by atoms with E-state index in [1.807, 2.05) is 0 Å². The number of hydrogen-bond donors (Lipinski definition) is 1. The Morgan fingerprint density at radius 3 is 2.63 bits per heavy atom. The summed E-state index contributed by atoms with van der Waals surface area (Å²) in [6, 6.07) is 1.31. The van der Waals surface area contributed by atoms with Gasteiger partial charge in [-0.05, 0) is 35.6 Å². The van der Waals surface area contributed by atoms with Crippen LogP contribution in [0.3, 0.4) is 0 Å². The Balaban J connectivity index is 3.21. The topological polar surface area (TPSA) is 74.4 Å². The molecule has 0 fully saturated rings. The van der Waals surface area contributed by atoms with E-state index in [4.69, 9.17) is 10.5 Å². The third kappa shape index (κ3) is 4.49. The molecular weight excluding hydrogens is 380 g/mol. The molecule has 0 unspecified atom stereocenters. The zero-order valence-electron chi connectivity index (χ0n) is 9.75. The molecule has 106 valence electrons. The smallest absolute Gasteiger partial charge is 0.461 e. The normalized spacial score (nSPS) is 11.3. The minimum absolute atomic E-state index is 0.0521. The first kappa shape index (κ1) is 16.0. The van der Waals surface area contributed by atoms with Gasteiger partial charge < -0.3 is 15.2 Å². The van der Waals surface area contributed by atoms with Crippen molar-refractivity contribution in [3.63, 3.8) is 0 Å². The number of pyridine rings is 1. The molecule has 0 amide bonds. The van der Waals surface area contributed by atoms with Crippen molar-refractivity contribution in [1.29, 1.82) is 0 Å². The van der Waals surface area contributed by atoms with Crippen LogP contribution in [0.25, 0.3) is 0 Å². The van der Waals surface area contributed by atoms with Crippen LogP contribution in [0.2, 0.25) is 0 Å². The highest BCUT2D eigenvalue weighted by Gasteiger charge is 2.33. The van der Waals surface area contributed by atoms with E-state index in [-0.39, 0.29) is 28.0 Å². The molecule has 0 radical (unpaired) electrons. The SMILES string of the molecule is CCOC(=O)c1nc(OC(F)(F)F)c(I)cc1CN. The third-order valence-corrected chi connectivity index (χ3v) is 2.70. The summed E-state index contributed by atoms with van der Waals surface area (Å²) in [5.74, 6) is -1.54. The Kier molecular flexibility index (Phi) is 5.35. The van der Waals surface area contributed by atoms with Crippen LogP contribution in [-0.4, -0.2) is 23.9 Å². The molecule has 0 saturated carbocycles. The van der Waals surface area contributed by atoms with E-state index in [1.165, 1.54) is 6.07 Å². The summed E-state index contributed by atoms with van der Waals surface area (Å²) in [6.45, 7) is 1.59. The van der Waals surface area contributed by atoms with E-state index in [0.29, 0.717) is 0 Å². The lowest BCUT2D eigenvalue weighted by Crippen LogP contribution is -2.21. The van der Waals surface area contributed by atoms with Crippen LogP contribution in [0.4, 0.5) is 13.2 Å². The zero-order chi connectivity index (χ0) is 14.6. The average molecular weight is 390 g/mol. The molecule has 1 rings (SSSR count). The first-order valence-electron chi connectivity index (χ1n) is 5.10. The van der Waals surface area contributed by atoms with Gasteiger partial charge in [-0.15, -0.1) is 13.2 Å². The number of halogens is 4. The Hall–Kier alpha value is -1.10. The molecule has 1 heterocycles. The van der Waals surface area contributed by atoms with E-state index in [0.717, 1.165) is 0 Å². The van der Waals surface area contributed by atoms with Gasteiger partial charge in [-0.2, -0.15) is 0 Å². The van der Waals surface area contributed by atoms with Gasteiger partial charge in [0.15, 0.2) is 5.69 Å². The molecular formula is C10H10F3IN2O3. The number of aromatic nitrogens is 1. The number of hydrogen-bond acceptors (Lipinski definition) is 5. The van der Waals surface area contributed by atoms with Gasteiger partial charge in [0.25, 0.3) is 0 Å². The molecule has 0 aliphatic rings. The number of carbonyl (C=O) groups is 1. The maximum Gasteiger partial charge on any atom is 0.574 e. The fourth-order valence-electron chi connectivity index (χ4n) is 1.22. The molecule has 1 aromatic rings. The average Bonchev–Trinajstić information content (AvgIpc) is 2.29. The number of carbonyl (C=O) groups excluding carboxylic acids is 1. The maximum atomic E-state index is 12.2. The Bertz CT molecular complexity index is 480. The molecule has 2 N–H and O–H groups in total. The molecule has 0 atom stereocenters. The summed E-state index contributed by atoms with van der Waals surface area (Å²) in [4.78, 5) is 15.1. The highest BCUT2D eigenvalue weighted by molar-refractivity contribution is 14.1. The van der Waals surface area contributed by atoms with Gasteiger partial charge in [-0.3, -0.25) is 0 Å². The summed E-state index contributed by atoms with van der Waals surface area (Å²) < 4.78 is 45.1. The van der Waals surface area contributed by atoms with Crippen LogP contribution < -0.4 is 10.5 Å². The molecule has 19 heavy (non-hydrogen) atoms. The molecule has 0 saturated heterocycles. The summed E-state index contributed by atoms with van der Waals surface area (Å²) in [7, 11) is 0. The lowest BCUT2D eigenvalue weighted by molar-refractivity contribution is -0.276. The molecule has 0 spiro atoms. The standard InChI is InChI=1S/C10H10F3IN2O3/c1-2-18-9(17)7-5(4-15)3-6(14)8(16-7)19-10(11,12)13/h3H,2,4,15H2,1H3. The number of ether oxygens (including phenoxy) is 2. The second-order valence-corrected chi connectivity index (χ2v) is 4.42. The number of alkyl halides is 3. The van der Waals surface area contributed by atoms with E-state index >= 15 is 0 Å². The molecule has 0 aromatic carbocycles. The number of nitrogens with two attached hydrogens (primary N) is 1. The highest BCUT2D eigenvalue weighted by atomic mass is 127. The van der Waals surface area contributed by atoms with Gasteiger partial charge >= 0.3 is 12.3 Å². The summed E-state index contributed by atoms with van der Waals surface area (Å²) >= 11 is 1.62. The molecule has 1 aromatic heterocycles. The molecule has 5 nitrogen and oxygen atoms in total. The summed E-state index contributed by atoms with van der Waals surface area (Å²) in [5.41, 5.74) is 5.43. The second-order valence-electron chi connectivity index (χ2n) is 3.26. The first-order valence-corrected chi connectivity index (χ1v) is 6.18. The first-order chi connectivity index (χ1) is 8.78. The lowest BCUT2D eigenvalue weighted by atomic mass is 10.2. The predicted octanol–water partition coefficient (Wildman–Crippen LogP) is 2.22. The van der Waals surface area contributed by atoms with Crippen LogP contribution in [-0.2, 0) is 11.3 Å². The van der Waals surface area contributed by atoms with Crippen molar-refractivity contribution in [1.82, 2.24) is 4.98 Å². The van der Waals surface area contributed by atoms with E-state index in [1.54, 1.807) is 29.5 Å². The van der Waals surface area contributed by atoms with Gasteiger partial charge in [0.2, 0.25) is 5.88 Å². The van der Waals surface area contributed by atoms with Crippen molar-refractivity contribution in [3.8, 4) is 5.88 Å². The lowest BCUT2D eigenvalue weighted by Gasteiger charge is -2.13. The molecule has 9 heteroatoms. The van der Waals surface area contributed by atoms with E-state index in [2.05, 4.69) is 9.72 Å². The molecule has 0 bridgehead atoms. The molecule has 0 aliphatic carbocycles. The van der Waals surface area contributed by atoms with Gasteiger partial charge in [0, 0.05) is 12.1 Å². The van der Waals surface area contributed by atoms with Crippen LogP contribution in [0.15, 0.2) is 6.07 Å². The zero-order valence-corrected chi connectivity index (χ0v) is 11.9. The van der Waals surface area contributed by atoms with Crippen molar-refractivity contribution >= 4 is 28.6 Å². The number of rotatable bonds is 4. The predicted molar refractivity (Wildman–Crippen MR) is 67.5 cm³/mol. The summed E-state index contributed by atoms with van der Waals surface area (Å²) in [5, 5.41) is 0. The quantitative estimate of drug-likeness (QED) is 0.631. The van der Waals surface area contributed by atoms with Crippen molar-refractivity contribution in [2.24, 2.45) is 5.73 Å². The van der Waals surface area contributed by atoms with Crippen molar-refractivity contribution in [2.45, 2.75) is 19.8 Å². The Morgan fingerprint density at radius 1 is 1.53 bits per heavy atom. The summed E-state index contributed by atoms with van der Waals surface area (Å²) in [6.07, 6.45) is -4.89. The van der Waals surface area contributed by atoms with E-state index < -0.39 is 18.2 Å². The van der Waals surface area contributed by atoms with Gasteiger partial charge in [-0.25, -0.2) is 9.78 Å². The van der Waals surface area contributed by atoms with Gasteiger partial charge in [-0.1, -0.05) is 0 Å². The fraction of sp³-hybridized carbons (Fsp3) is 0.400. The Morgan fingerprint density at radius 2 is 2.16 bits per heavy atom. The van der Waals surface area contributed by atoms with Crippen LogP contribution in [0, 0.1) is 3.57 Å². The maximum absolute atomic E-state index is 12.2. The minimum Gasteiger partial charge on any atom is -0.461 e. The van der Waals surface area contributed by atoms with Crippen LogP contribution in [0.1, 0.15) is 23.0 Å². The second kappa shape index (κ2) is 6.37. The van der Waals surface area contributed by atoms with Gasteiger partial charge in [0.1, 0.15) is 0 Å². The minimum atomic E-state index is -4.89. The number of nitrogens with zero attached hydrogens (tertiary/aromatic N) is 1. The molecule has 0 aliphatic heterocycles. The van der Waals surface area contributed by atoms with Crippen molar-refractivity contribution in [3.05, 3.63) is 20.9 Å². The van der Waals surface area contributed by atoms with Crippen LogP contribution >= 0.6 is 22.6 Å².